The van der Waals surface area contributed by atoms with Crippen molar-refractivity contribution in [2.45, 2.75) is 11.9 Å². The van der Waals surface area contributed by atoms with E-state index < -0.39 is 10.0 Å². The number of pyridine rings is 1. The van der Waals surface area contributed by atoms with Crippen LogP contribution in [0.1, 0.15) is 5.56 Å². The van der Waals surface area contributed by atoms with Crippen LogP contribution in [-0.4, -0.2) is 28.4 Å². The minimum absolute atomic E-state index is 0.0110. The van der Waals surface area contributed by atoms with Crippen LogP contribution in [0.15, 0.2) is 28.1 Å². The van der Waals surface area contributed by atoms with Crippen LogP contribution >= 0.6 is 15.9 Å². The van der Waals surface area contributed by atoms with Gasteiger partial charge < -0.3 is 0 Å². The van der Waals surface area contributed by atoms with Crippen LogP contribution in [0.25, 0.3) is 0 Å². The second-order valence-electron chi connectivity index (χ2n) is 3.63. The summed E-state index contributed by atoms with van der Waals surface area (Å²) < 4.78 is 28.3. The van der Waals surface area contributed by atoms with E-state index in [4.69, 9.17) is 0 Å². The number of anilines is 1. The highest BCUT2D eigenvalue weighted by molar-refractivity contribution is 9.10. The Hall–Kier alpha value is -1.48. The summed E-state index contributed by atoms with van der Waals surface area (Å²) in [6.07, 6.45) is 2.61. The Kier molecular flexibility index (Phi) is 3.35. The molecule has 96 valence electrons. The van der Waals surface area contributed by atoms with E-state index in [2.05, 4.69) is 35.9 Å². The second-order valence-corrected chi connectivity index (χ2v) is 6.01. The van der Waals surface area contributed by atoms with Gasteiger partial charge in [-0.1, -0.05) is 5.21 Å². The number of nitrogens with zero attached hydrogens (tertiary/aromatic N) is 4. The Bertz CT molecular complexity index is 682. The van der Waals surface area contributed by atoms with E-state index in [9.17, 15) is 8.42 Å². The first kappa shape index (κ1) is 13.0. The smallest absolute Gasteiger partial charge is 0.277 e. The second kappa shape index (κ2) is 4.65. The van der Waals surface area contributed by atoms with Crippen molar-refractivity contribution in [2.75, 3.05) is 4.72 Å². The Balaban J connectivity index is 2.34. The normalized spacial score (nSPS) is 11.5. The Labute approximate surface area is 112 Å². The maximum atomic E-state index is 12.0. The lowest BCUT2D eigenvalue weighted by Crippen LogP contribution is -2.16. The highest BCUT2D eigenvalue weighted by atomic mass is 79.9. The van der Waals surface area contributed by atoms with Gasteiger partial charge in [0.25, 0.3) is 10.0 Å². The molecule has 0 unspecified atom stereocenters. The average molecular weight is 332 g/mol. The van der Waals surface area contributed by atoms with Crippen molar-refractivity contribution in [2.24, 2.45) is 7.05 Å². The molecular formula is C9H10BrN5O2S. The van der Waals surface area contributed by atoms with Crippen molar-refractivity contribution in [1.82, 2.24) is 20.0 Å². The number of hydrogen-bond donors (Lipinski definition) is 1. The van der Waals surface area contributed by atoms with Gasteiger partial charge >= 0.3 is 0 Å². The zero-order valence-electron chi connectivity index (χ0n) is 9.62. The quantitative estimate of drug-likeness (QED) is 0.850. The van der Waals surface area contributed by atoms with E-state index in [1.54, 1.807) is 6.07 Å². The van der Waals surface area contributed by atoms with Crippen LogP contribution in [0.2, 0.25) is 0 Å². The maximum Gasteiger partial charge on any atom is 0.280 e. The molecule has 7 nitrogen and oxygen atoms in total. The van der Waals surface area contributed by atoms with Crippen LogP contribution < -0.4 is 4.72 Å². The van der Waals surface area contributed by atoms with Crippen molar-refractivity contribution in [3.05, 3.63) is 28.6 Å². The molecule has 2 rings (SSSR count). The number of nitrogens with one attached hydrogen (secondary N) is 1. The van der Waals surface area contributed by atoms with Crippen molar-refractivity contribution in [3.63, 3.8) is 0 Å². The van der Waals surface area contributed by atoms with Gasteiger partial charge in [0.2, 0.25) is 0 Å². The van der Waals surface area contributed by atoms with Gasteiger partial charge in [0.15, 0.2) is 5.03 Å². The van der Waals surface area contributed by atoms with Gasteiger partial charge in [-0.05, 0) is 34.5 Å². The summed E-state index contributed by atoms with van der Waals surface area (Å²) in [4.78, 5) is 4.02. The molecule has 2 heterocycles. The lowest BCUT2D eigenvalue weighted by molar-refractivity contribution is 0.579. The molecule has 2 aromatic rings. The van der Waals surface area contributed by atoms with E-state index in [0.717, 1.165) is 5.56 Å². The van der Waals surface area contributed by atoms with E-state index in [0.29, 0.717) is 10.3 Å². The number of halogens is 1. The molecule has 0 atom stereocenters. The Morgan fingerprint density at radius 3 is 2.67 bits per heavy atom. The Morgan fingerprint density at radius 2 is 2.11 bits per heavy atom. The van der Waals surface area contributed by atoms with E-state index in [-0.39, 0.29) is 5.03 Å². The van der Waals surface area contributed by atoms with Crippen molar-refractivity contribution >= 4 is 31.6 Å². The lowest BCUT2D eigenvalue weighted by Gasteiger charge is -2.08. The highest BCUT2D eigenvalue weighted by Gasteiger charge is 2.19. The zero-order chi connectivity index (χ0) is 13.3. The standard InChI is InChI=1S/C9H10BrN5O2S/c1-6-3-7(4-11-9(6)10)13-18(16,17)8-5-12-14-15(8)2/h3-5,13H,1-2H3. The molecule has 0 spiro atoms. The number of rotatable bonds is 3. The summed E-state index contributed by atoms with van der Waals surface area (Å²) in [5.41, 5.74) is 1.22. The fourth-order valence-electron chi connectivity index (χ4n) is 1.34. The molecule has 18 heavy (non-hydrogen) atoms. The largest absolute Gasteiger partial charge is 0.280 e. The van der Waals surface area contributed by atoms with Gasteiger partial charge in [-0.25, -0.2) is 9.67 Å². The SMILES string of the molecule is Cc1cc(NS(=O)(=O)c2cnnn2C)cnc1Br. The molecule has 9 heteroatoms. The van der Waals surface area contributed by atoms with Crippen LogP contribution in [0.5, 0.6) is 0 Å². The summed E-state index contributed by atoms with van der Waals surface area (Å²) in [6, 6.07) is 1.68. The molecule has 0 aliphatic heterocycles. The molecule has 0 fully saturated rings. The molecule has 0 aliphatic rings. The summed E-state index contributed by atoms with van der Waals surface area (Å²) in [5, 5.41) is 7.10. The van der Waals surface area contributed by atoms with Gasteiger partial charge in [-0.2, -0.15) is 8.42 Å². The first-order chi connectivity index (χ1) is 8.40. The van der Waals surface area contributed by atoms with Gasteiger partial charge in [0.05, 0.1) is 18.1 Å². The number of aromatic nitrogens is 4. The minimum atomic E-state index is -3.70. The molecule has 1 N–H and O–H groups in total. The van der Waals surface area contributed by atoms with Gasteiger partial charge in [-0.3, -0.25) is 4.72 Å². The topological polar surface area (TPSA) is 89.8 Å². The predicted octanol–water partition coefficient (Wildman–Crippen LogP) is 1.08. The minimum Gasteiger partial charge on any atom is -0.277 e. The van der Waals surface area contributed by atoms with E-state index >= 15 is 0 Å². The molecule has 0 radical (unpaired) electrons. The number of hydrogen-bond acceptors (Lipinski definition) is 5. The third-order valence-electron chi connectivity index (χ3n) is 2.21. The number of sulfonamides is 1. The first-order valence-electron chi connectivity index (χ1n) is 4.90. The molecule has 0 bridgehead atoms. The third-order valence-corrected chi connectivity index (χ3v) is 4.47. The lowest BCUT2D eigenvalue weighted by atomic mass is 10.3. The molecule has 0 saturated carbocycles. The average Bonchev–Trinajstić information content (AvgIpc) is 2.70. The molecule has 2 aromatic heterocycles. The van der Waals surface area contributed by atoms with Gasteiger partial charge in [0.1, 0.15) is 4.60 Å². The number of aryl methyl sites for hydroxylation is 2. The van der Waals surface area contributed by atoms with Crippen molar-refractivity contribution in [3.8, 4) is 0 Å². The van der Waals surface area contributed by atoms with E-state index in [1.807, 2.05) is 6.92 Å². The van der Waals surface area contributed by atoms with E-state index in [1.165, 1.54) is 24.1 Å². The van der Waals surface area contributed by atoms with Gasteiger partial charge in [0, 0.05) is 7.05 Å². The third kappa shape index (κ3) is 2.51. The van der Waals surface area contributed by atoms with Crippen LogP contribution in [0.4, 0.5) is 5.69 Å². The molecule has 0 aromatic carbocycles. The monoisotopic (exact) mass is 331 g/mol. The van der Waals surface area contributed by atoms with Crippen LogP contribution in [0, 0.1) is 6.92 Å². The maximum absolute atomic E-state index is 12.0. The fraction of sp³-hybridized carbons (Fsp3) is 0.222. The molecule has 0 amide bonds. The highest BCUT2D eigenvalue weighted by Crippen LogP contribution is 2.19. The van der Waals surface area contributed by atoms with Crippen molar-refractivity contribution < 1.29 is 8.42 Å². The summed E-state index contributed by atoms with van der Waals surface area (Å²) in [7, 11) is -2.19. The molecule has 0 saturated heterocycles. The summed E-state index contributed by atoms with van der Waals surface area (Å²) in [6.45, 7) is 1.82. The van der Waals surface area contributed by atoms with Crippen LogP contribution in [0.3, 0.4) is 0 Å². The molecule has 0 aliphatic carbocycles. The summed E-state index contributed by atoms with van der Waals surface area (Å²) in [5.74, 6) is 0. The Morgan fingerprint density at radius 1 is 1.39 bits per heavy atom. The van der Waals surface area contributed by atoms with Gasteiger partial charge in [-0.15, -0.1) is 5.10 Å². The predicted molar refractivity (Wildman–Crippen MR) is 68.5 cm³/mol. The molecular weight excluding hydrogens is 322 g/mol. The first-order valence-corrected chi connectivity index (χ1v) is 7.17. The summed E-state index contributed by atoms with van der Waals surface area (Å²) >= 11 is 3.25. The van der Waals surface area contributed by atoms with Crippen molar-refractivity contribution in [1.29, 1.82) is 0 Å². The zero-order valence-corrected chi connectivity index (χ0v) is 12.0. The van der Waals surface area contributed by atoms with Crippen LogP contribution in [-0.2, 0) is 17.1 Å². The fourth-order valence-corrected chi connectivity index (χ4v) is 2.66.